The molecular formula is C14H22ClFN2O. The average molecular weight is 289 g/mol. The predicted molar refractivity (Wildman–Crippen MR) is 78.0 cm³/mol. The number of nitrogens with one attached hydrogen (secondary N) is 1. The van der Waals surface area contributed by atoms with Crippen molar-refractivity contribution in [2.75, 3.05) is 6.54 Å². The highest BCUT2D eigenvalue weighted by atomic mass is 35.5. The predicted octanol–water partition coefficient (Wildman–Crippen LogP) is 2.74. The molecule has 0 bridgehead atoms. The first-order chi connectivity index (χ1) is 8.38. The number of hydrogen-bond donors (Lipinski definition) is 2. The summed E-state index contributed by atoms with van der Waals surface area (Å²) < 4.78 is 13.5. The molecule has 3 N–H and O–H groups in total. The molecular weight excluding hydrogens is 267 g/mol. The number of amides is 1. The first-order valence-electron chi connectivity index (χ1n) is 6.15. The lowest BCUT2D eigenvalue weighted by molar-refractivity contribution is 0.0894. The van der Waals surface area contributed by atoms with Crippen molar-refractivity contribution in [3.63, 3.8) is 0 Å². The van der Waals surface area contributed by atoms with Crippen LogP contribution < -0.4 is 11.1 Å². The molecule has 0 aromatic heterocycles. The van der Waals surface area contributed by atoms with Gasteiger partial charge in [-0.25, -0.2) is 4.39 Å². The van der Waals surface area contributed by atoms with Crippen LogP contribution in [0.15, 0.2) is 24.3 Å². The highest BCUT2D eigenvalue weighted by Gasteiger charge is 2.27. The second-order valence-corrected chi connectivity index (χ2v) is 5.30. The minimum absolute atomic E-state index is 0. The number of rotatable bonds is 5. The molecule has 0 fully saturated rings. The zero-order chi connectivity index (χ0) is 13.8. The number of carbonyl (C=O) groups is 1. The molecule has 108 valence electrons. The molecule has 19 heavy (non-hydrogen) atoms. The topological polar surface area (TPSA) is 55.1 Å². The summed E-state index contributed by atoms with van der Waals surface area (Å²) in [5, 5.41) is 2.83. The Labute approximate surface area is 120 Å². The van der Waals surface area contributed by atoms with E-state index in [9.17, 15) is 9.18 Å². The minimum atomic E-state index is -0.515. The number of nitrogens with two attached hydrogens (primary N) is 1. The molecule has 1 atom stereocenters. The second-order valence-electron chi connectivity index (χ2n) is 5.30. The van der Waals surface area contributed by atoms with Gasteiger partial charge in [0.1, 0.15) is 5.82 Å². The van der Waals surface area contributed by atoms with Crippen LogP contribution in [0.25, 0.3) is 0 Å². The van der Waals surface area contributed by atoms with Gasteiger partial charge in [-0.3, -0.25) is 4.79 Å². The third-order valence-corrected chi connectivity index (χ3v) is 2.84. The fourth-order valence-electron chi connectivity index (χ4n) is 2.07. The summed E-state index contributed by atoms with van der Waals surface area (Å²) in [6, 6.07) is 5.94. The van der Waals surface area contributed by atoms with Crippen LogP contribution in [0, 0.1) is 11.7 Å². The van der Waals surface area contributed by atoms with Gasteiger partial charge in [-0.15, -0.1) is 12.4 Å². The van der Waals surface area contributed by atoms with E-state index >= 15 is 0 Å². The molecule has 1 unspecified atom stereocenters. The SMILES string of the molecule is CC(C)CC(C)(CN)NC(=O)c1ccccc1F.Cl. The fraction of sp³-hybridized carbons (Fsp3) is 0.500. The van der Waals surface area contributed by atoms with Gasteiger partial charge < -0.3 is 11.1 Å². The van der Waals surface area contributed by atoms with Crippen LogP contribution in [0.2, 0.25) is 0 Å². The van der Waals surface area contributed by atoms with E-state index in [2.05, 4.69) is 19.2 Å². The summed E-state index contributed by atoms with van der Waals surface area (Å²) in [4.78, 5) is 12.0. The maximum Gasteiger partial charge on any atom is 0.254 e. The molecule has 0 aliphatic carbocycles. The smallest absolute Gasteiger partial charge is 0.254 e. The minimum Gasteiger partial charge on any atom is -0.346 e. The number of carbonyl (C=O) groups excluding carboxylic acids is 1. The summed E-state index contributed by atoms with van der Waals surface area (Å²) in [5.41, 5.74) is 5.26. The first kappa shape index (κ1) is 17.9. The van der Waals surface area contributed by atoms with Crippen molar-refractivity contribution in [1.29, 1.82) is 0 Å². The average Bonchev–Trinajstić information content (AvgIpc) is 2.28. The van der Waals surface area contributed by atoms with Crippen LogP contribution in [0.1, 0.15) is 37.6 Å². The lowest BCUT2D eigenvalue weighted by Gasteiger charge is -2.31. The van der Waals surface area contributed by atoms with E-state index in [0.29, 0.717) is 12.5 Å². The van der Waals surface area contributed by atoms with Gasteiger partial charge in [-0.2, -0.15) is 0 Å². The molecule has 1 amide bonds. The summed E-state index contributed by atoms with van der Waals surface area (Å²) in [6.07, 6.45) is 0.754. The standard InChI is InChI=1S/C14H21FN2O.ClH/c1-10(2)8-14(3,9-16)17-13(18)11-6-4-5-7-12(11)15;/h4-7,10H,8-9,16H2,1-3H3,(H,17,18);1H. The van der Waals surface area contributed by atoms with Crippen LogP contribution in [0.4, 0.5) is 4.39 Å². The Kier molecular flexibility index (Phi) is 7.01. The molecule has 1 aromatic rings. The van der Waals surface area contributed by atoms with E-state index in [4.69, 9.17) is 5.73 Å². The Bertz CT molecular complexity index is 426. The summed E-state index contributed by atoms with van der Waals surface area (Å²) >= 11 is 0. The quantitative estimate of drug-likeness (QED) is 0.875. The van der Waals surface area contributed by atoms with Crippen LogP contribution in [0.5, 0.6) is 0 Å². The van der Waals surface area contributed by atoms with Crippen molar-refractivity contribution in [2.24, 2.45) is 11.7 Å². The number of benzene rings is 1. The van der Waals surface area contributed by atoms with E-state index in [1.807, 2.05) is 6.92 Å². The monoisotopic (exact) mass is 288 g/mol. The third kappa shape index (κ3) is 5.17. The maximum absolute atomic E-state index is 13.5. The van der Waals surface area contributed by atoms with Crippen molar-refractivity contribution >= 4 is 18.3 Å². The van der Waals surface area contributed by atoms with E-state index in [0.717, 1.165) is 6.42 Å². The number of hydrogen-bond acceptors (Lipinski definition) is 2. The molecule has 0 heterocycles. The summed E-state index contributed by atoms with van der Waals surface area (Å²) in [7, 11) is 0. The molecule has 0 radical (unpaired) electrons. The Hall–Kier alpha value is -1.13. The van der Waals surface area contributed by atoms with Gasteiger partial charge in [0, 0.05) is 12.1 Å². The molecule has 0 saturated heterocycles. The van der Waals surface area contributed by atoms with E-state index in [1.165, 1.54) is 12.1 Å². The van der Waals surface area contributed by atoms with Gasteiger partial charge >= 0.3 is 0 Å². The van der Waals surface area contributed by atoms with Crippen LogP contribution in [0.3, 0.4) is 0 Å². The van der Waals surface area contributed by atoms with Gasteiger partial charge in [-0.05, 0) is 31.4 Å². The van der Waals surface area contributed by atoms with Crippen molar-refractivity contribution in [2.45, 2.75) is 32.7 Å². The van der Waals surface area contributed by atoms with E-state index in [-0.39, 0.29) is 18.0 Å². The zero-order valence-corrected chi connectivity index (χ0v) is 12.4. The van der Waals surface area contributed by atoms with Gasteiger partial charge in [0.15, 0.2) is 0 Å². The molecule has 0 spiro atoms. The molecule has 3 nitrogen and oxygen atoms in total. The van der Waals surface area contributed by atoms with Gasteiger partial charge in [0.2, 0.25) is 0 Å². The van der Waals surface area contributed by atoms with Crippen molar-refractivity contribution < 1.29 is 9.18 Å². The molecule has 0 aliphatic heterocycles. The van der Waals surface area contributed by atoms with E-state index < -0.39 is 17.3 Å². The van der Waals surface area contributed by atoms with Crippen LogP contribution >= 0.6 is 12.4 Å². The van der Waals surface area contributed by atoms with Gasteiger partial charge in [0.05, 0.1) is 5.56 Å². The Morgan fingerprint density at radius 3 is 2.47 bits per heavy atom. The van der Waals surface area contributed by atoms with Crippen molar-refractivity contribution in [3.05, 3.63) is 35.6 Å². The Morgan fingerprint density at radius 1 is 1.42 bits per heavy atom. The number of halogens is 2. The second kappa shape index (κ2) is 7.46. The summed E-state index contributed by atoms with van der Waals surface area (Å²) in [6.45, 7) is 6.32. The molecule has 1 aromatic carbocycles. The van der Waals surface area contributed by atoms with Crippen molar-refractivity contribution in [3.8, 4) is 0 Å². The van der Waals surface area contributed by atoms with Crippen LogP contribution in [-0.2, 0) is 0 Å². The largest absolute Gasteiger partial charge is 0.346 e. The third-order valence-electron chi connectivity index (χ3n) is 2.84. The molecule has 0 saturated carbocycles. The lowest BCUT2D eigenvalue weighted by Crippen LogP contribution is -2.52. The highest BCUT2D eigenvalue weighted by Crippen LogP contribution is 2.16. The van der Waals surface area contributed by atoms with E-state index in [1.54, 1.807) is 12.1 Å². The Morgan fingerprint density at radius 2 is 2.00 bits per heavy atom. The molecule has 0 aliphatic rings. The molecule has 5 heteroatoms. The highest BCUT2D eigenvalue weighted by molar-refractivity contribution is 5.94. The van der Waals surface area contributed by atoms with Gasteiger partial charge in [-0.1, -0.05) is 26.0 Å². The zero-order valence-electron chi connectivity index (χ0n) is 11.6. The maximum atomic E-state index is 13.5. The lowest BCUT2D eigenvalue weighted by atomic mass is 9.90. The molecule has 1 rings (SSSR count). The fourth-order valence-corrected chi connectivity index (χ4v) is 2.07. The first-order valence-corrected chi connectivity index (χ1v) is 6.15. The van der Waals surface area contributed by atoms with Crippen LogP contribution in [-0.4, -0.2) is 18.0 Å². The normalized spacial score (nSPS) is 13.6. The Balaban J connectivity index is 0.00000324. The van der Waals surface area contributed by atoms with Gasteiger partial charge in [0.25, 0.3) is 5.91 Å². The summed E-state index contributed by atoms with van der Waals surface area (Å²) in [5.74, 6) is -0.528. The van der Waals surface area contributed by atoms with Crippen molar-refractivity contribution in [1.82, 2.24) is 5.32 Å².